The number of hydrogen-bond donors (Lipinski definition) is 1. The molecule has 0 atom stereocenters. The number of carboxylic acids is 1. The molecule has 0 unspecified atom stereocenters. The molecule has 1 fully saturated rings. The van der Waals surface area contributed by atoms with E-state index in [1.807, 2.05) is 17.0 Å². The molecule has 0 aromatic heterocycles. The van der Waals surface area contributed by atoms with Crippen LogP contribution >= 0.6 is 11.8 Å². The number of nitrogens with zero attached hydrogens (tertiary/aromatic N) is 2. The number of hydrogen-bond acceptors (Lipinski definition) is 4. The summed E-state index contributed by atoms with van der Waals surface area (Å²) in [5, 5.41) is 8.73. The summed E-state index contributed by atoms with van der Waals surface area (Å²) in [6.07, 6.45) is 2.02. The molecule has 130 valence electrons. The lowest BCUT2D eigenvalue weighted by Gasteiger charge is -2.19. The fourth-order valence-electron chi connectivity index (χ4n) is 2.54. The highest BCUT2D eigenvalue weighted by Crippen LogP contribution is 2.24. The van der Waals surface area contributed by atoms with E-state index in [1.165, 1.54) is 16.7 Å². The zero-order valence-electron chi connectivity index (χ0n) is 13.7. The summed E-state index contributed by atoms with van der Waals surface area (Å²) in [6.45, 7) is 1.79. The summed E-state index contributed by atoms with van der Waals surface area (Å²) in [4.78, 5) is 39.3. The van der Waals surface area contributed by atoms with Crippen molar-refractivity contribution in [3.8, 4) is 0 Å². The van der Waals surface area contributed by atoms with Crippen LogP contribution in [0.1, 0.15) is 29.6 Å². The van der Waals surface area contributed by atoms with Crippen molar-refractivity contribution in [2.45, 2.75) is 24.2 Å². The number of thioether (sulfide) groups is 1. The fraction of sp³-hybridized carbons (Fsp3) is 0.471. The summed E-state index contributed by atoms with van der Waals surface area (Å²) in [7, 11) is 1.59. The third kappa shape index (κ3) is 4.99. The number of aliphatic carboxylic acids is 1. The van der Waals surface area contributed by atoms with E-state index in [4.69, 9.17) is 5.11 Å². The molecule has 1 N–H and O–H groups in total. The van der Waals surface area contributed by atoms with Crippen LogP contribution in [0, 0.1) is 0 Å². The van der Waals surface area contributed by atoms with E-state index in [-0.39, 0.29) is 24.8 Å². The third-order valence-corrected chi connectivity index (χ3v) is 4.99. The Morgan fingerprint density at radius 1 is 1.21 bits per heavy atom. The van der Waals surface area contributed by atoms with Crippen molar-refractivity contribution in [2.24, 2.45) is 0 Å². The number of carbonyl (C=O) groups excluding carboxylic acids is 2. The van der Waals surface area contributed by atoms with Crippen LogP contribution in [-0.4, -0.2) is 65.1 Å². The highest BCUT2D eigenvalue weighted by atomic mass is 32.2. The van der Waals surface area contributed by atoms with E-state index >= 15 is 0 Å². The van der Waals surface area contributed by atoms with Crippen molar-refractivity contribution in [2.75, 3.05) is 32.4 Å². The van der Waals surface area contributed by atoms with Crippen LogP contribution in [0.25, 0.3) is 0 Å². The van der Waals surface area contributed by atoms with Crippen molar-refractivity contribution in [1.82, 2.24) is 9.80 Å². The minimum Gasteiger partial charge on any atom is -0.481 e. The Labute approximate surface area is 145 Å². The second-order valence-electron chi connectivity index (χ2n) is 5.74. The minimum atomic E-state index is -0.937. The van der Waals surface area contributed by atoms with E-state index in [1.54, 1.807) is 19.2 Å². The first kappa shape index (κ1) is 18.3. The summed E-state index contributed by atoms with van der Waals surface area (Å²) >= 11 is 1.36. The van der Waals surface area contributed by atoms with E-state index in [9.17, 15) is 14.4 Å². The zero-order chi connectivity index (χ0) is 17.5. The molecule has 1 aliphatic heterocycles. The molecule has 1 aliphatic rings. The molecule has 24 heavy (non-hydrogen) atoms. The van der Waals surface area contributed by atoms with E-state index in [2.05, 4.69) is 0 Å². The van der Waals surface area contributed by atoms with Crippen molar-refractivity contribution >= 4 is 29.5 Å². The van der Waals surface area contributed by atoms with Crippen LogP contribution in [0.15, 0.2) is 29.2 Å². The topological polar surface area (TPSA) is 77.9 Å². The molecule has 1 aromatic carbocycles. The van der Waals surface area contributed by atoms with E-state index in [0.29, 0.717) is 11.3 Å². The van der Waals surface area contributed by atoms with Crippen LogP contribution in [0.3, 0.4) is 0 Å². The Balaban J connectivity index is 1.99. The standard InChI is InChI=1S/C17H22N2O4S/c1-18(11-8-16(21)22)17(23)13-6-2-3-7-14(13)24-12-15(20)19-9-4-5-10-19/h2-3,6-7H,4-5,8-12H2,1H3,(H,21,22). The maximum absolute atomic E-state index is 12.5. The molecule has 7 heteroatoms. The van der Waals surface area contributed by atoms with Gasteiger partial charge in [-0.3, -0.25) is 14.4 Å². The monoisotopic (exact) mass is 350 g/mol. The van der Waals surface area contributed by atoms with Gasteiger partial charge in [-0.05, 0) is 25.0 Å². The molecule has 6 nitrogen and oxygen atoms in total. The number of carbonyl (C=O) groups is 3. The molecule has 0 aliphatic carbocycles. The Morgan fingerprint density at radius 2 is 1.88 bits per heavy atom. The smallest absolute Gasteiger partial charge is 0.305 e. The second kappa shape index (κ2) is 8.73. The van der Waals surface area contributed by atoms with Gasteiger partial charge in [-0.1, -0.05) is 12.1 Å². The van der Waals surface area contributed by atoms with Crippen molar-refractivity contribution in [3.63, 3.8) is 0 Å². The van der Waals surface area contributed by atoms with Gasteiger partial charge in [-0.25, -0.2) is 0 Å². The number of benzene rings is 1. The lowest BCUT2D eigenvalue weighted by atomic mass is 10.2. The van der Waals surface area contributed by atoms with Crippen molar-refractivity contribution < 1.29 is 19.5 Å². The number of likely N-dealkylation sites (tertiary alicyclic amines) is 1. The van der Waals surface area contributed by atoms with Crippen LogP contribution in [0.4, 0.5) is 0 Å². The Bertz CT molecular complexity index is 614. The van der Waals surface area contributed by atoms with Gasteiger partial charge < -0.3 is 14.9 Å². The van der Waals surface area contributed by atoms with Gasteiger partial charge in [0, 0.05) is 31.6 Å². The fourth-order valence-corrected chi connectivity index (χ4v) is 3.48. The number of rotatable bonds is 7. The Kier molecular flexibility index (Phi) is 6.66. The van der Waals surface area contributed by atoms with Crippen LogP contribution in [-0.2, 0) is 9.59 Å². The molecule has 0 saturated carbocycles. The Morgan fingerprint density at radius 3 is 2.54 bits per heavy atom. The summed E-state index contributed by atoms with van der Waals surface area (Å²) < 4.78 is 0. The van der Waals surface area contributed by atoms with Crippen molar-refractivity contribution in [3.05, 3.63) is 29.8 Å². The average molecular weight is 350 g/mol. The predicted molar refractivity (Wildman–Crippen MR) is 92.2 cm³/mol. The molecule has 2 rings (SSSR count). The molecule has 2 amide bonds. The minimum absolute atomic E-state index is 0.0923. The first-order chi connectivity index (χ1) is 11.5. The zero-order valence-corrected chi connectivity index (χ0v) is 14.6. The van der Waals surface area contributed by atoms with E-state index in [0.717, 1.165) is 30.8 Å². The molecule has 1 aromatic rings. The molecule has 0 spiro atoms. The first-order valence-corrected chi connectivity index (χ1v) is 8.94. The SMILES string of the molecule is CN(CCC(=O)O)C(=O)c1ccccc1SCC(=O)N1CCCC1. The Hall–Kier alpha value is -2.02. The average Bonchev–Trinajstić information content (AvgIpc) is 3.11. The highest BCUT2D eigenvalue weighted by Gasteiger charge is 2.20. The lowest BCUT2D eigenvalue weighted by Crippen LogP contribution is -2.30. The van der Waals surface area contributed by atoms with Gasteiger partial charge in [-0.15, -0.1) is 11.8 Å². The number of carboxylic acid groups (broad SMARTS) is 1. The maximum Gasteiger partial charge on any atom is 0.305 e. The van der Waals surface area contributed by atoms with Gasteiger partial charge in [0.25, 0.3) is 5.91 Å². The summed E-state index contributed by atoms with van der Waals surface area (Å²) in [6, 6.07) is 7.13. The molecular formula is C17H22N2O4S. The van der Waals surface area contributed by atoms with Crippen LogP contribution < -0.4 is 0 Å². The maximum atomic E-state index is 12.5. The van der Waals surface area contributed by atoms with Gasteiger partial charge in [0.05, 0.1) is 17.7 Å². The first-order valence-electron chi connectivity index (χ1n) is 7.96. The lowest BCUT2D eigenvalue weighted by molar-refractivity contribution is -0.137. The van der Waals surface area contributed by atoms with E-state index < -0.39 is 5.97 Å². The van der Waals surface area contributed by atoms with Crippen LogP contribution in [0.2, 0.25) is 0 Å². The van der Waals surface area contributed by atoms with Crippen molar-refractivity contribution in [1.29, 1.82) is 0 Å². The van der Waals surface area contributed by atoms with Gasteiger partial charge in [0.1, 0.15) is 0 Å². The number of amides is 2. The summed E-state index contributed by atoms with van der Waals surface area (Å²) in [5.74, 6) is -0.760. The molecular weight excluding hydrogens is 328 g/mol. The molecule has 0 radical (unpaired) electrons. The third-order valence-electron chi connectivity index (χ3n) is 3.94. The molecule has 1 saturated heterocycles. The van der Waals surface area contributed by atoms with Gasteiger partial charge in [0.2, 0.25) is 5.91 Å². The normalized spacial score (nSPS) is 13.8. The summed E-state index contributed by atoms with van der Waals surface area (Å²) in [5.41, 5.74) is 0.504. The predicted octanol–water partition coefficient (Wildman–Crippen LogP) is 1.95. The molecule has 0 bridgehead atoms. The molecule has 1 heterocycles. The van der Waals surface area contributed by atoms with Gasteiger partial charge in [0.15, 0.2) is 0 Å². The van der Waals surface area contributed by atoms with Gasteiger partial charge in [-0.2, -0.15) is 0 Å². The quantitative estimate of drug-likeness (QED) is 0.761. The highest BCUT2D eigenvalue weighted by molar-refractivity contribution is 8.00. The van der Waals surface area contributed by atoms with Crippen LogP contribution in [0.5, 0.6) is 0 Å². The van der Waals surface area contributed by atoms with Gasteiger partial charge >= 0.3 is 5.97 Å². The largest absolute Gasteiger partial charge is 0.481 e. The second-order valence-corrected chi connectivity index (χ2v) is 6.76.